The maximum absolute atomic E-state index is 12.8. The first kappa shape index (κ1) is 19.1. The van der Waals surface area contributed by atoms with Crippen LogP contribution in [0.5, 0.6) is 17.2 Å². The molecule has 0 spiro atoms. The minimum atomic E-state index is -0.326. The highest BCUT2D eigenvalue weighted by Gasteiger charge is 2.50. The Hall–Kier alpha value is -2.27. The first-order valence-electron chi connectivity index (χ1n) is 10.0. The number of hydrogen-bond acceptors (Lipinski definition) is 5. The van der Waals surface area contributed by atoms with E-state index in [2.05, 4.69) is 31.0 Å². The molecule has 2 atom stereocenters. The van der Waals surface area contributed by atoms with Crippen LogP contribution >= 0.6 is 0 Å². The Bertz CT molecular complexity index is 885. The highest BCUT2D eigenvalue weighted by molar-refractivity contribution is 6.06. The number of methoxy groups -OCH3 is 3. The van der Waals surface area contributed by atoms with Crippen LogP contribution in [-0.2, 0) is 16.6 Å². The van der Waals surface area contributed by atoms with E-state index in [1.807, 2.05) is 6.08 Å². The third kappa shape index (κ3) is 2.52. The second-order valence-electron chi connectivity index (χ2n) is 7.92. The number of ether oxygens (including phenoxy) is 3. The van der Waals surface area contributed by atoms with Crippen molar-refractivity contribution in [2.24, 2.45) is 0 Å². The van der Waals surface area contributed by atoms with Crippen LogP contribution in [0.1, 0.15) is 37.3 Å². The van der Waals surface area contributed by atoms with Crippen molar-refractivity contribution in [2.45, 2.75) is 44.1 Å². The van der Waals surface area contributed by atoms with Gasteiger partial charge in [-0.05, 0) is 68.1 Å². The molecule has 5 nitrogen and oxygen atoms in total. The van der Waals surface area contributed by atoms with Gasteiger partial charge in [-0.2, -0.15) is 0 Å². The van der Waals surface area contributed by atoms with Gasteiger partial charge in [0, 0.05) is 17.0 Å². The summed E-state index contributed by atoms with van der Waals surface area (Å²) in [5.74, 6) is 2.19. The number of allylic oxidation sites excluding steroid dienone is 3. The summed E-state index contributed by atoms with van der Waals surface area (Å²) in [6, 6.07) is 2.35. The fourth-order valence-corrected chi connectivity index (χ4v) is 5.35. The number of likely N-dealkylation sites (N-methyl/N-ethyl adjacent to an activating group) is 1. The summed E-state index contributed by atoms with van der Waals surface area (Å²) in [5.41, 5.74) is 4.13. The van der Waals surface area contributed by atoms with Crippen LogP contribution in [0.4, 0.5) is 0 Å². The molecule has 0 amide bonds. The van der Waals surface area contributed by atoms with Gasteiger partial charge in [0.2, 0.25) is 5.75 Å². The molecule has 0 radical (unpaired) electrons. The fourth-order valence-electron chi connectivity index (χ4n) is 5.35. The second kappa shape index (κ2) is 6.96. The van der Waals surface area contributed by atoms with Crippen molar-refractivity contribution in [3.8, 4) is 17.2 Å². The number of aryl methyl sites for hydroxylation is 1. The number of fused-ring (bicyclic) bond motifs is 1. The van der Waals surface area contributed by atoms with Crippen LogP contribution in [0, 0.1) is 0 Å². The van der Waals surface area contributed by atoms with Crippen molar-refractivity contribution >= 4 is 5.78 Å². The lowest BCUT2D eigenvalue weighted by Gasteiger charge is -2.47. The molecule has 2 unspecified atom stereocenters. The van der Waals surface area contributed by atoms with Crippen LogP contribution in [-0.4, -0.2) is 51.6 Å². The van der Waals surface area contributed by atoms with Crippen LogP contribution in [0.25, 0.3) is 0 Å². The van der Waals surface area contributed by atoms with E-state index in [1.165, 1.54) is 11.1 Å². The van der Waals surface area contributed by atoms with Crippen LogP contribution < -0.4 is 14.2 Å². The molecule has 1 aromatic carbocycles. The number of carbonyl (C=O) groups is 1. The number of benzene rings is 1. The van der Waals surface area contributed by atoms with Crippen molar-refractivity contribution in [3.05, 3.63) is 40.5 Å². The van der Waals surface area contributed by atoms with Gasteiger partial charge in [-0.3, -0.25) is 9.69 Å². The summed E-state index contributed by atoms with van der Waals surface area (Å²) in [5, 5.41) is 0. The van der Waals surface area contributed by atoms with E-state index in [-0.39, 0.29) is 17.2 Å². The van der Waals surface area contributed by atoms with Crippen molar-refractivity contribution in [2.75, 3.05) is 34.9 Å². The zero-order chi connectivity index (χ0) is 20.1. The topological polar surface area (TPSA) is 48.0 Å². The number of carbonyl (C=O) groups excluding carboxylic acids is 1. The van der Waals surface area contributed by atoms with Gasteiger partial charge in [0.05, 0.1) is 21.3 Å². The predicted octanol–water partition coefficient (Wildman–Crippen LogP) is 3.45. The normalized spacial score (nSPS) is 26.5. The molecule has 3 aliphatic rings. The minimum Gasteiger partial charge on any atom is -0.493 e. The van der Waals surface area contributed by atoms with Crippen molar-refractivity contribution in [1.29, 1.82) is 0 Å². The molecule has 2 bridgehead atoms. The zero-order valence-electron chi connectivity index (χ0n) is 17.4. The SMILES string of the molecule is CCC1=CC23CCN(C)C(CCc4cc(OC)c(OC)c(OC)c42)C3=CC1=O. The molecule has 2 aliphatic carbocycles. The second-order valence-corrected chi connectivity index (χ2v) is 7.92. The molecule has 150 valence electrons. The van der Waals surface area contributed by atoms with Gasteiger partial charge < -0.3 is 14.2 Å². The predicted molar refractivity (Wildman–Crippen MR) is 109 cm³/mol. The number of hydrogen-bond donors (Lipinski definition) is 0. The van der Waals surface area contributed by atoms with Gasteiger partial charge in [-0.1, -0.05) is 13.0 Å². The van der Waals surface area contributed by atoms with Crippen molar-refractivity contribution in [3.63, 3.8) is 0 Å². The van der Waals surface area contributed by atoms with Gasteiger partial charge >= 0.3 is 0 Å². The Kier molecular flexibility index (Phi) is 4.74. The Labute approximate surface area is 167 Å². The molecule has 0 N–H and O–H groups in total. The van der Waals surface area contributed by atoms with Gasteiger partial charge in [0.25, 0.3) is 0 Å². The standard InChI is InChI=1S/C23H29NO4/c1-6-14-13-23-9-10-24(2)17(16(23)12-18(14)25)8-7-15-11-19(26-3)21(27-4)22(28-5)20(15)23/h11-13,17H,6-10H2,1-5H3. The summed E-state index contributed by atoms with van der Waals surface area (Å²) in [6.45, 7) is 3.02. The minimum absolute atomic E-state index is 0.149. The molecule has 0 aromatic heterocycles. The van der Waals surface area contributed by atoms with Gasteiger partial charge in [-0.25, -0.2) is 0 Å². The molecule has 1 fully saturated rings. The monoisotopic (exact) mass is 383 g/mol. The number of rotatable bonds is 4. The van der Waals surface area contributed by atoms with Gasteiger partial charge in [-0.15, -0.1) is 0 Å². The maximum atomic E-state index is 12.8. The Morgan fingerprint density at radius 3 is 2.57 bits per heavy atom. The maximum Gasteiger partial charge on any atom is 0.203 e. The van der Waals surface area contributed by atoms with E-state index < -0.39 is 0 Å². The number of ketones is 1. The first-order chi connectivity index (χ1) is 13.5. The smallest absolute Gasteiger partial charge is 0.203 e. The number of nitrogens with zero attached hydrogens (tertiary/aromatic N) is 1. The molecule has 1 heterocycles. The average Bonchev–Trinajstić information content (AvgIpc) is 2.80. The van der Waals surface area contributed by atoms with E-state index in [9.17, 15) is 4.79 Å². The van der Waals surface area contributed by atoms with E-state index in [0.29, 0.717) is 11.5 Å². The van der Waals surface area contributed by atoms with E-state index in [0.717, 1.165) is 49.1 Å². The third-order valence-corrected chi connectivity index (χ3v) is 6.71. The van der Waals surface area contributed by atoms with Crippen LogP contribution in [0.3, 0.4) is 0 Å². The van der Waals surface area contributed by atoms with Crippen molar-refractivity contribution in [1.82, 2.24) is 4.90 Å². The Morgan fingerprint density at radius 1 is 1.18 bits per heavy atom. The summed E-state index contributed by atoms with van der Waals surface area (Å²) in [6.07, 6.45) is 7.66. The van der Waals surface area contributed by atoms with E-state index >= 15 is 0 Å². The zero-order valence-corrected chi connectivity index (χ0v) is 17.4. The third-order valence-electron chi connectivity index (χ3n) is 6.71. The molecular formula is C23H29NO4. The van der Waals surface area contributed by atoms with E-state index in [4.69, 9.17) is 14.2 Å². The Morgan fingerprint density at radius 2 is 1.93 bits per heavy atom. The molecule has 5 heteroatoms. The number of likely N-dealkylation sites (tertiary alicyclic amines) is 1. The summed E-state index contributed by atoms with van der Waals surface area (Å²) >= 11 is 0. The van der Waals surface area contributed by atoms with Crippen molar-refractivity contribution < 1.29 is 19.0 Å². The van der Waals surface area contributed by atoms with Gasteiger partial charge in [0.15, 0.2) is 17.3 Å². The summed E-state index contributed by atoms with van der Waals surface area (Å²) in [4.78, 5) is 15.2. The quantitative estimate of drug-likeness (QED) is 0.797. The molecular weight excluding hydrogens is 354 g/mol. The lowest BCUT2D eigenvalue weighted by Crippen LogP contribution is -2.49. The van der Waals surface area contributed by atoms with Gasteiger partial charge in [0.1, 0.15) is 0 Å². The van der Waals surface area contributed by atoms with Crippen LogP contribution in [0.2, 0.25) is 0 Å². The lowest BCUT2D eigenvalue weighted by atomic mass is 9.63. The molecule has 4 rings (SSSR count). The summed E-state index contributed by atoms with van der Waals surface area (Å²) in [7, 11) is 7.15. The van der Waals surface area contributed by atoms with Crippen LogP contribution in [0.15, 0.2) is 29.4 Å². The highest BCUT2D eigenvalue weighted by atomic mass is 16.5. The fraction of sp³-hybridized carbons (Fsp3) is 0.522. The van der Waals surface area contributed by atoms with E-state index in [1.54, 1.807) is 21.3 Å². The molecule has 0 saturated carbocycles. The number of piperidine rings is 1. The lowest BCUT2D eigenvalue weighted by molar-refractivity contribution is -0.111. The molecule has 1 aromatic rings. The molecule has 1 aliphatic heterocycles. The average molecular weight is 383 g/mol. The Balaban J connectivity index is 2.08. The molecule has 28 heavy (non-hydrogen) atoms. The molecule has 1 saturated heterocycles. The highest BCUT2D eigenvalue weighted by Crippen LogP contribution is 2.56. The summed E-state index contributed by atoms with van der Waals surface area (Å²) < 4.78 is 17.2. The first-order valence-corrected chi connectivity index (χ1v) is 10.0. The largest absolute Gasteiger partial charge is 0.493 e.